The molecule has 0 aromatic carbocycles. The van der Waals surface area contributed by atoms with Gasteiger partial charge in [0.05, 0.1) is 6.42 Å². The monoisotopic (exact) mass is 381 g/mol. The van der Waals surface area contributed by atoms with Crippen LogP contribution in [0.2, 0.25) is 0 Å². The van der Waals surface area contributed by atoms with Crippen LogP contribution in [-0.2, 0) is 24.5 Å². The Morgan fingerprint density at radius 2 is 1.48 bits per heavy atom. The average Bonchev–Trinajstić information content (AvgIpc) is 2.46. The fourth-order valence-corrected chi connectivity index (χ4v) is 2.38. The summed E-state index contributed by atoms with van der Waals surface area (Å²) in [7, 11) is -4.84. The molecule has 0 fully saturated rings. The Morgan fingerprint density at radius 1 is 1.00 bits per heavy atom. The van der Waals surface area contributed by atoms with Crippen LogP contribution in [-0.4, -0.2) is 46.3 Å². The standard InChI is InChI=1S/C11H21NO.C4H6O7S/c1-2-3-4-5-6-7-8-9-10-11(12)13;5-3(6)1-2(4(7)8)12(9,10)11/h2H,1,3-10H2,(H2,12,13);2H,1H2,(H,5,6)(H,7,8)(H,9,10,11). The highest BCUT2D eigenvalue weighted by Crippen LogP contribution is 2.08. The molecule has 0 aromatic rings. The number of carboxylic acids is 2. The Bertz CT molecular complexity index is 530. The van der Waals surface area contributed by atoms with Crippen LogP contribution in [0.3, 0.4) is 0 Å². The van der Waals surface area contributed by atoms with Crippen LogP contribution in [0.25, 0.3) is 0 Å². The van der Waals surface area contributed by atoms with E-state index in [2.05, 4.69) is 6.58 Å². The average molecular weight is 381 g/mol. The Morgan fingerprint density at radius 3 is 1.80 bits per heavy atom. The topological polar surface area (TPSA) is 172 Å². The molecule has 0 bridgehead atoms. The molecule has 146 valence electrons. The lowest BCUT2D eigenvalue weighted by molar-refractivity contribution is -0.143. The number of unbranched alkanes of at least 4 members (excludes halogenated alkanes) is 6. The van der Waals surface area contributed by atoms with Crippen LogP contribution in [0.15, 0.2) is 12.7 Å². The first-order chi connectivity index (χ1) is 11.5. The summed E-state index contributed by atoms with van der Waals surface area (Å²) in [5.74, 6) is -3.67. The number of hydrogen-bond acceptors (Lipinski definition) is 5. The smallest absolute Gasteiger partial charge is 0.325 e. The van der Waals surface area contributed by atoms with Crippen molar-refractivity contribution in [3.05, 3.63) is 12.7 Å². The van der Waals surface area contributed by atoms with E-state index in [9.17, 15) is 22.8 Å². The number of carbonyl (C=O) groups is 3. The quantitative estimate of drug-likeness (QED) is 0.211. The van der Waals surface area contributed by atoms with Crippen LogP contribution in [0.1, 0.15) is 57.8 Å². The van der Waals surface area contributed by atoms with E-state index in [1.807, 2.05) is 6.08 Å². The van der Waals surface area contributed by atoms with Crippen LogP contribution >= 0.6 is 0 Å². The summed E-state index contributed by atoms with van der Waals surface area (Å²) in [6.45, 7) is 3.68. The van der Waals surface area contributed by atoms with Crippen LogP contribution in [0, 0.1) is 0 Å². The maximum Gasteiger partial charge on any atom is 0.325 e. The minimum Gasteiger partial charge on any atom is -0.481 e. The van der Waals surface area contributed by atoms with Gasteiger partial charge in [0.25, 0.3) is 10.1 Å². The number of allylic oxidation sites excluding steroid dienone is 1. The van der Waals surface area contributed by atoms with Gasteiger partial charge in [-0.1, -0.05) is 31.8 Å². The van der Waals surface area contributed by atoms with E-state index in [-0.39, 0.29) is 5.91 Å². The third kappa shape index (κ3) is 18.2. The molecule has 0 saturated heterocycles. The molecular formula is C15H27NO8S. The van der Waals surface area contributed by atoms with Crippen molar-refractivity contribution in [3.63, 3.8) is 0 Å². The van der Waals surface area contributed by atoms with Gasteiger partial charge in [-0.15, -0.1) is 6.58 Å². The molecule has 0 saturated carbocycles. The second-order valence-corrected chi connectivity index (χ2v) is 6.95. The molecule has 9 nitrogen and oxygen atoms in total. The summed E-state index contributed by atoms with van der Waals surface area (Å²) in [6.07, 6.45) is 9.60. The zero-order valence-electron chi connectivity index (χ0n) is 14.1. The lowest BCUT2D eigenvalue weighted by atomic mass is 10.1. The van der Waals surface area contributed by atoms with E-state index < -0.39 is 33.7 Å². The molecule has 1 amide bonds. The first kappa shape index (κ1) is 25.3. The van der Waals surface area contributed by atoms with Gasteiger partial charge < -0.3 is 15.9 Å². The Hall–Kier alpha value is -1.94. The third-order valence-corrected chi connectivity index (χ3v) is 4.16. The lowest BCUT2D eigenvalue weighted by Crippen LogP contribution is -2.31. The zero-order chi connectivity index (χ0) is 19.9. The van der Waals surface area contributed by atoms with Crippen molar-refractivity contribution in [2.75, 3.05) is 0 Å². The van der Waals surface area contributed by atoms with Crippen molar-refractivity contribution in [1.82, 2.24) is 0 Å². The van der Waals surface area contributed by atoms with Gasteiger partial charge >= 0.3 is 11.9 Å². The largest absolute Gasteiger partial charge is 0.481 e. The molecule has 0 radical (unpaired) electrons. The van der Waals surface area contributed by atoms with Crippen LogP contribution in [0.4, 0.5) is 0 Å². The van der Waals surface area contributed by atoms with Gasteiger partial charge in [0.2, 0.25) is 5.91 Å². The van der Waals surface area contributed by atoms with Crippen molar-refractivity contribution < 1.29 is 37.6 Å². The highest BCUT2D eigenvalue weighted by atomic mass is 32.2. The van der Waals surface area contributed by atoms with E-state index in [1.54, 1.807) is 0 Å². The van der Waals surface area contributed by atoms with Crippen LogP contribution in [0.5, 0.6) is 0 Å². The van der Waals surface area contributed by atoms with Gasteiger partial charge in [-0.25, -0.2) is 0 Å². The Kier molecular flexibility index (Phi) is 14.6. The van der Waals surface area contributed by atoms with E-state index in [4.69, 9.17) is 20.5 Å². The van der Waals surface area contributed by atoms with E-state index in [0.29, 0.717) is 6.42 Å². The zero-order valence-corrected chi connectivity index (χ0v) is 14.9. The first-order valence-corrected chi connectivity index (χ1v) is 9.32. The highest BCUT2D eigenvalue weighted by molar-refractivity contribution is 7.87. The fraction of sp³-hybridized carbons (Fsp3) is 0.667. The van der Waals surface area contributed by atoms with Gasteiger partial charge in [-0.3, -0.25) is 18.9 Å². The molecule has 0 heterocycles. The SMILES string of the molecule is C=CCCCCCCCCC(N)=O.O=C(O)CC(C(=O)O)S(=O)(=O)O. The third-order valence-electron chi connectivity index (χ3n) is 3.08. The molecule has 1 atom stereocenters. The molecule has 1 unspecified atom stereocenters. The summed E-state index contributed by atoms with van der Waals surface area (Å²) >= 11 is 0. The molecule has 25 heavy (non-hydrogen) atoms. The van der Waals surface area contributed by atoms with Crippen molar-refractivity contribution in [2.24, 2.45) is 5.73 Å². The number of hydrogen-bond donors (Lipinski definition) is 4. The van der Waals surface area contributed by atoms with Crippen molar-refractivity contribution in [2.45, 2.75) is 63.0 Å². The molecule has 0 spiro atoms. The Labute approximate surface area is 147 Å². The van der Waals surface area contributed by atoms with Gasteiger partial charge in [-0.2, -0.15) is 8.42 Å². The van der Waals surface area contributed by atoms with Crippen molar-refractivity contribution >= 4 is 28.0 Å². The summed E-state index contributed by atoms with van der Waals surface area (Å²) in [5, 5.41) is 13.9. The van der Waals surface area contributed by atoms with Gasteiger partial charge in [-0.05, 0) is 19.3 Å². The molecule has 10 heteroatoms. The number of nitrogens with two attached hydrogens (primary N) is 1. The molecule has 5 N–H and O–H groups in total. The van der Waals surface area contributed by atoms with Crippen LogP contribution < -0.4 is 5.73 Å². The maximum atomic E-state index is 10.4. The second-order valence-electron chi connectivity index (χ2n) is 5.35. The predicted molar refractivity (Wildman–Crippen MR) is 91.6 cm³/mol. The Balaban J connectivity index is 0. The first-order valence-electron chi connectivity index (χ1n) is 7.82. The van der Waals surface area contributed by atoms with E-state index in [0.717, 1.165) is 19.3 Å². The fourth-order valence-electron chi connectivity index (χ4n) is 1.77. The number of rotatable bonds is 13. The number of carbonyl (C=O) groups excluding carboxylic acids is 1. The number of primary amides is 1. The lowest BCUT2D eigenvalue weighted by Gasteiger charge is -2.04. The molecule has 0 aromatic heterocycles. The van der Waals surface area contributed by atoms with Crippen molar-refractivity contribution in [3.8, 4) is 0 Å². The summed E-state index contributed by atoms with van der Waals surface area (Å²) < 4.78 is 28.7. The maximum absolute atomic E-state index is 10.4. The summed E-state index contributed by atoms with van der Waals surface area (Å²) in [6, 6.07) is 0. The number of aliphatic carboxylic acids is 2. The molecule has 0 rings (SSSR count). The normalized spacial score (nSPS) is 11.7. The van der Waals surface area contributed by atoms with Crippen molar-refractivity contribution in [1.29, 1.82) is 0 Å². The predicted octanol–water partition coefficient (Wildman–Crippen LogP) is 1.58. The number of amides is 1. The van der Waals surface area contributed by atoms with E-state index in [1.165, 1.54) is 25.7 Å². The highest BCUT2D eigenvalue weighted by Gasteiger charge is 2.33. The van der Waals surface area contributed by atoms with E-state index >= 15 is 0 Å². The minimum absolute atomic E-state index is 0.174. The molecule has 0 aliphatic heterocycles. The molecule has 0 aliphatic carbocycles. The minimum atomic E-state index is -4.84. The van der Waals surface area contributed by atoms with Gasteiger partial charge in [0.15, 0.2) is 5.25 Å². The summed E-state index contributed by atoms with van der Waals surface area (Å²) in [4.78, 5) is 30.4. The number of carboxylic acid groups (broad SMARTS) is 2. The second kappa shape index (κ2) is 14.4. The van der Waals surface area contributed by atoms with Gasteiger partial charge in [0, 0.05) is 6.42 Å². The molecular weight excluding hydrogens is 354 g/mol. The molecule has 0 aliphatic rings. The van der Waals surface area contributed by atoms with Gasteiger partial charge in [0.1, 0.15) is 0 Å². The summed E-state index contributed by atoms with van der Waals surface area (Å²) in [5.41, 5.74) is 5.02.